The molecule has 1 nitrogen and oxygen atoms in total. The van der Waals surface area contributed by atoms with E-state index in [0.717, 1.165) is 24.0 Å². The van der Waals surface area contributed by atoms with Gasteiger partial charge in [0.1, 0.15) is 5.78 Å². The molecule has 2 aliphatic rings. The Labute approximate surface area is 109 Å². The van der Waals surface area contributed by atoms with E-state index in [1.54, 1.807) is 0 Å². The van der Waals surface area contributed by atoms with E-state index in [1.165, 1.54) is 5.57 Å². The van der Waals surface area contributed by atoms with E-state index < -0.39 is 0 Å². The van der Waals surface area contributed by atoms with Gasteiger partial charge in [0.25, 0.3) is 0 Å². The summed E-state index contributed by atoms with van der Waals surface area (Å²) in [7, 11) is 0. The van der Waals surface area contributed by atoms with Crippen LogP contribution >= 0.6 is 0 Å². The summed E-state index contributed by atoms with van der Waals surface area (Å²) in [6.07, 6.45) is 16.0. The minimum absolute atomic E-state index is 0.305. The van der Waals surface area contributed by atoms with Crippen LogP contribution in [-0.2, 0) is 4.79 Å². The van der Waals surface area contributed by atoms with Crippen LogP contribution in [0.3, 0.4) is 0 Å². The highest BCUT2D eigenvalue weighted by Gasteiger charge is 2.15. The van der Waals surface area contributed by atoms with Crippen LogP contribution in [0.2, 0.25) is 0 Å². The van der Waals surface area contributed by atoms with Gasteiger partial charge in [-0.25, -0.2) is 0 Å². The fourth-order valence-electron chi connectivity index (χ4n) is 2.29. The second kappa shape index (κ2) is 5.81. The smallest absolute Gasteiger partial charge is 0.137 e. The SMILES string of the molecule is C=C(C)CCC(=O)CC1=CC2=CC=CCC2C=C1. The summed E-state index contributed by atoms with van der Waals surface area (Å²) >= 11 is 0. The Morgan fingerprint density at radius 3 is 3.06 bits per heavy atom. The molecule has 0 radical (unpaired) electrons. The van der Waals surface area contributed by atoms with Crippen molar-refractivity contribution in [2.45, 2.75) is 32.6 Å². The summed E-state index contributed by atoms with van der Waals surface area (Å²) in [6, 6.07) is 0. The first-order chi connectivity index (χ1) is 8.65. The average molecular weight is 240 g/mol. The molecular weight excluding hydrogens is 220 g/mol. The lowest BCUT2D eigenvalue weighted by Gasteiger charge is -2.20. The lowest BCUT2D eigenvalue weighted by atomic mass is 9.85. The third-order valence-electron chi connectivity index (χ3n) is 3.37. The highest BCUT2D eigenvalue weighted by atomic mass is 16.1. The number of carbonyl (C=O) groups is 1. The fourth-order valence-corrected chi connectivity index (χ4v) is 2.29. The predicted molar refractivity (Wildman–Crippen MR) is 76.2 cm³/mol. The van der Waals surface area contributed by atoms with Gasteiger partial charge < -0.3 is 0 Å². The first-order valence-corrected chi connectivity index (χ1v) is 6.57. The molecule has 0 aromatic rings. The van der Waals surface area contributed by atoms with Gasteiger partial charge in [-0.2, -0.15) is 0 Å². The maximum Gasteiger partial charge on any atom is 0.137 e. The normalized spacial score (nSPS) is 21.1. The molecule has 0 aliphatic heterocycles. The summed E-state index contributed by atoms with van der Waals surface area (Å²) < 4.78 is 0. The molecule has 0 heterocycles. The second-order valence-corrected chi connectivity index (χ2v) is 5.19. The Bertz CT molecular complexity index is 472. The Morgan fingerprint density at radius 2 is 2.28 bits per heavy atom. The van der Waals surface area contributed by atoms with Gasteiger partial charge in [-0.15, -0.1) is 6.58 Å². The lowest BCUT2D eigenvalue weighted by Crippen LogP contribution is -2.07. The summed E-state index contributed by atoms with van der Waals surface area (Å²) in [5, 5.41) is 0. The third kappa shape index (κ3) is 3.43. The van der Waals surface area contributed by atoms with Crippen molar-refractivity contribution in [3.8, 4) is 0 Å². The van der Waals surface area contributed by atoms with Crippen molar-refractivity contribution >= 4 is 5.78 Å². The molecule has 0 spiro atoms. The summed E-state index contributed by atoms with van der Waals surface area (Å²) in [5.74, 6) is 0.823. The molecule has 0 aromatic carbocycles. The average Bonchev–Trinajstić information content (AvgIpc) is 2.36. The minimum atomic E-state index is 0.305. The van der Waals surface area contributed by atoms with Crippen molar-refractivity contribution in [1.82, 2.24) is 0 Å². The zero-order valence-electron chi connectivity index (χ0n) is 11.0. The molecule has 1 unspecified atom stereocenters. The topological polar surface area (TPSA) is 17.1 Å². The Morgan fingerprint density at radius 1 is 1.44 bits per heavy atom. The van der Waals surface area contributed by atoms with Gasteiger partial charge >= 0.3 is 0 Å². The molecule has 0 bridgehead atoms. The maximum atomic E-state index is 11.8. The summed E-state index contributed by atoms with van der Waals surface area (Å²) in [5.41, 5.74) is 3.55. The van der Waals surface area contributed by atoms with Gasteiger partial charge in [0.05, 0.1) is 0 Å². The van der Waals surface area contributed by atoms with E-state index in [1.807, 2.05) is 6.92 Å². The number of hydrogen-bond donors (Lipinski definition) is 0. The number of ketones is 1. The molecule has 18 heavy (non-hydrogen) atoms. The molecule has 2 rings (SSSR count). The minimum Gasteiger partial charge on any atom is -0.299 e. The summed E-state index contributed by atoms with van der Waals surface area (Å²) in [6.45, 7) is 5.80. The molecule has 94 valence electrons. The predicted octanol–water partition coefficient (Wildman–Crippen LogP) is 4.30. The van der Waals surface area contributed by atoms with Crippen LogP contribution in [0.1, 0.15) is 32.6 Å². The van der Waals surface area contributed by atoms with Gasteiger partial charge in [-0.05, 0) is 30.9 Å². The van der Waals surface area contributed by atoms with Crippen molar-refractivity contribution in [3.05, 3.63) is 59.8 Å². The first-order valence-electron chi connectivity index (χ1n) is 6.57. The van der Waals surface area contributed by atoms with E-state index in [-0.39, 0.29) is 0 Å². The Hall–Kier alpha value is -1.63. The maximum absolute atomic E-state index is 11.8. The van der Waals surface area contributed by atoms with Gasteiger partial charge in [0.15, 0.2) is 0 Å². The fraction of sp³-hybridized carbons (Fsp3) is 0.353. The number of hydrogen-bond acceptors (Lipinski definition) is 1. The molecule has 0 amide bonds. The van der Waals surface area contributed by atoms with E-state index in [4.69, 9.17) is 0 Å². The van der Waals surface area contributed by atoms with Crippen molar-refractivity contribution in [3.63, 3.8) is 0 Å². The lowest BCUT2D eigenvalue weighted by molar-refractivity contribution is -0.118. The molecule has 0 saturated heterocycles. The van der Waals surface area contributed by atoms with Crippen molar-refractivity contribution in [2.75, 3.05) is 0 Å². The van der Waals surface area contributed by atoms with Gasteiger partial charge in [0.2, 0.25) is 0 Å². The standard InChI is InChI=1S/C17H20O/c1-13(2)7-10-17(18)12-14-8-9-15-5-3-4-6-16(15)11-14/h3-4,6,8-9,11,15H,1,5,7,10,12H2,2H3. The molecular formula is C17H20O. The zero-order valence-corrected chi connectivity index (χ0v) is 11.0. The van der Waals surface area contributed by atoms with Crippen molar-refractivity contribution in [1.29, 1.82) is 0 Å². The highest BCUT2D eigenvalue weighted by molar-refractivity contribution is 5.82. The van der Waals surface area contributed by atoms with E-state index in [0.29, 0.717) is 24.5 Å². The largest absolute Gasteiger partial charge is 0.299 e. The quantitative estimate of drug-likeness (QED) is 0.655. The van der Waals surface area contributed by atoms with Crippen LogP contribution < -0.4 is 0 Å². The highest BCUT2D eigenvalue weighted by Crippen LogP contribution is 2.29. The Balaban J connectivity index is 1.94. The third-order valence-corrected chi connectivity index (χ3v) is 3.37. The van der Waals surface area contributed by atoms with Gasteiger partial charge in [0, 0.05) is 18.8 Å². The van der Waals surface area contributed by atoms with Gasteiger partial charge in [-0.1, -0.05) is 42.0 Å². The molecule has 2 aliphatic carbocycles. The molecule has 0 aromatic heterocycles. The van der Waals surface area contributed by atoms with Gasteiger partial charge in [-0.3, -0.25) is 4.79 Å². The van der Waals surface area contributed by atoms with Crippen molar-refractivity contribution < 1.29 is 4.79 Å². The van der Waals surface area contributed by atoms with Crippen LogP contribution in [0.25, 0.3) is 0 Å². The van der Waals surface area contributed by atoms with Crippen LogP contribution in [-0.4, -0.2) is 5.78 Å². The van der Waals surface area contributed by atoms with Crippen LogP contribution in [0.5, 0.6) is 0 Å². The molecule has 0 fully saturated rings. The van der Waals surface area contributed by atoms with E-state index in [2.05, 4.69) is 43.0 Å². The molecule has 0 N–H and O–H groups in total. The van der Waals surface area contributed by atoms with Crippen LogP contribution in [0.4, 0.5) is 0 Å². The molecule has 1 atom stereocenters. The van der Waals surface area contributed by atoms with Crippen LogP contribution in [0, 0.1) is 5.92 Å². The molecule has 0 saturated carbocycles. The van der Waals surface area contributed by atoms with Crippen molar-refractivity contribution in [2.24, 2.45) is 5.92 Å². The number of Topliss-reactive ketones (excluding diaryl/α,β-unsaturated/α-hetero) is 1. The number of carbonyl (C=O) groups excluding carboxylic acids is 1. The Kier molecular flexibility index (Phi) is 4.14. The molecule has 1 heteroatoms. The van der Waals surface area contributed by atoms with E-state index in [9.17, 15) is 4.79 Å². The first kappa shape index (κ1) is 12.8. The number of fused-ring (bicyclic) bond motifs is 1. The number of allylic oxidation sites excluding steroid dienone is 9. The number of rotatable bonds is 5. The second-order valence-electron chi connectivity index (χ2n) is 5.19. The van der Waals surface area contributed by atoms with Crippen LogP contribution in [0.15, 0.2) is 59.8 Å². The monoisotopic (exact) mass is 240 g/mol. The van der Waals surface area contributed by atoms with E-state index >= 15 is 0 Å². The summed E-state index contributed by atoms with van der Waals surface area (Å²) in [4.78, 5) is 11.8. The zero-order chi connectivity index (χ0) is 13.0.